The lowest BCUT2D eigenvalue weighted by Crippen LogP contribution is -2.43. The van der Waals surface area contributed by atoms with Crippen LogP contribution in [0.2, 0.25) is 0 Å². The first-order valence-corrected chi connectivity index (χ1v) is 6.89. The van der Waals surface area contributed by atoms with E-state index in [-0.39, 0.29) is 25.3 Å². The quantitative estimate of drug-likeness (QED) is 0.907. The minimum absolute atomic E-state index is 0.0373. The zero-order chi connectivity index (χ0) is 16.6. The molecule has 2 aliphatic rings. The van der Waals surface area contributed by atoms with Gasteiger partial charge >= 0.3 is 6.18 Å². The van der Waals surface area contributed by atoms with Gasteiger partial charge in [0.1, 0.15) is 12.6 Å². The van der Waals surface area contributed by atoms with E-state index in [0.29, 0.717) is 16.4 Å². The van der Waals surface area contributed by atoms with Gasteiger partial charge in [-0.25, -0.2) is 0 Å². The van der Waals surface area contributed by atoms with Crippen LogP contribution in [0.3, 0.4) is 0 Å². The van der Waals surface area contributed by atoms with Gasteiger partial charge in [0.05, 0.1) is 0 Å². The van der Waals surface area contributed by atoms with Gasteiger partial charge in [-0.2, -0.15) is 13.2 Å². The Kier molecular flexibility index (Phi) is 3.78. The molecule has 6 nitrogen and oxygen atoms in total. The Balaban J connectivity index is 1.63. The fourth-order valence-electron chi connectivity index (χ4n) is 2.53. The van der Waals surface area contributed by atoms with Gasteiger partial charge in [-0.15, -0.1) is 0 Å². The molecule has 23 heavy (non-hydrogen) atoms. The Morgan fingerprint density at radius 3 is 2.78 bits per heavy atom. The molecular formula is C14H13F3N2O4. The van der Waals surface area contributed by atoms with Gasteiger partial charge in [-0.3, -0.25) is 9.59 Å². The fraction of sp³-hybridized carbons (Fsp3) is 0.429. The van der Waals surface area contributed by atoms with Crippen LogP contribution in [-0.2, 0) is 4.79 Å². The lowest BCUT2D eigenvalue weighted by molar-refractivity contribution is -0.157. The van der Waals surface area contributed by atoms with Gasteiger partial charge in [0.15, 0.2) is 11.5 Å². The van der Waals surface area contributed by atoms with E-state index in [1.165, 1.54) is 12.1 Å². The van der Waals surface area contributed by atoms with Crippen molar-refractivity contribution < 1.29 is 32.2 Å². The van der Waals surface area contributed by atoms with Crippen LogP contribution in [0.1, 0.15) is 16.8 Å². The number of alkyl halides is 3. The molecule has 2 heterocycles. The molecule has 0 saturated carbocycles. The Morgan fingerprint density at radius 1 is 1.30 bits per heavy atom. The summed E-state index contributed by atoms with van der Waals surface area (Å²) in [5.74, 6) is -0.351. The first-order chi connectivity index (χ1) is 10.8. The predicted molar refractivity (Wildman–Crippen MR) is 71.1 cm³/mol. The minimum atomic E-state index is -4.45. The van der Waals surface area contributed by atoms with E-state index in [4.69, 9.17) is 9.47 Å². The van der Waals surface area contributed by atoms with E-state index >= 15 is 0 Å². The van der Waals surface area contributed by atoms with Crippen molar-refractivity contribution in [1.29, 1.82) is 0 Å². The minimum Gasteiger partial charge on any atom is -0.454 e. The molecule has 124 valence electrons. The predicted octanol–water partition coefficient (Wildman–Crippen LogP) is 1.31. The number of nitrogens with one attached hydrogen (secondary N) is 1. The van der Waals surface area contributed by atoms with Crippen molar-refractivity contribution in [3.8, 4) is 11.5 Å². The highest BCUT2D eigenvalue weighted by atomic mass is 19.4. The summed E-state index contributed by atoms with van der Waals surface area (Å²) in [6.07, 6.45) is -4.31. The number of carbonyl (C=O) groups is 2. The number of amides is 2. The van der Waals surface area contributed by atoms with E-state index in [0.717, 1.165) is 0 Å². The summed E-state index contributed by atoms with van der Waals surface area (Å²) >= 11 is 0. The standard InChI is InChI=1S/C14H13F3N2O4/c15-14(16,17)6-19-4-3-9(13(19)21)18-12(20)8-1-2-10-11(5-8)23-7-22-10/h1-2,5,9H,3-4,6-7H2,(H,18,20)/t9-/m1/s1. The Bertz CT molecular complexity index is 647. The topological polar surface area (TPSA) is 67.9 Å². The zero-order valence-electron chi connectivity index (χ0n) is 11.9. The lowest BCUT2D eigenvalue weighted by atomic mass is 10.1. The molecule has 9 heteroatoms. The second-order valence-corrected chi connectivity index (χ2v) is 5.26. The molecule has 2 aliphatic heterocycles. The highest BCUT2D eigenvalue weighted by Crippen LogP contribution is 2.32. The smallest absolute Gasteiger partial charge is 0.406 e. The molecule has 0 bridgehead atoms. The summed E-state index contributed by atoms with van der Waals surface area (Å²) in [6.45, 7) is -1.28. The van der Waals surface area contributed by atoms with E-state index in [1.54, 1.807) is 6.07 Å². The van der Waals surface area contributed by atoms with Crippen molar-refractivity contribution in [3.63, 3.8) is 0 Å². The van der Waals surface area contributed by atoms with Gasteiger partial charge in [0, 0.05) is 12.1 Å². The maximum absolute atomic E-state index is 12.4. The van der Waals surface area contributed by atoms with Crippen LogP contribution in [0.15, 0.2) is 18.2 Å². The molecule has 1 fully saturated rings. The molecule has 1 saturated heterocycles. The third-order valence-corrected chi connectivity index (χ3v) is 3.61. The molecule has 0 radical (unpaired) electrons. The highest BCUT2D eigenvalue weighted by molar-refractivity contribution is 5.98. The molecule has 1 aromatic rings. The number of benzene rings is 1. The number of nitrogens with zero attached hydrogens (tertiary/aromatic N) is 1. The van der Waals surface area contributed by atoms with Crippen LogP contribution in [-0.4, -0.2) is 48.8 Å². The SMILES string of the molecule is O=C(N[C@@H]1CCN(CC(F)(F)F)C1=O)c1ccc2c(c1)OCO2. The second-order valence-electron chi connectivity index (χ2n) is 5.26. The highest BCUT2D eigenvalue weighted by Gasteiger charge is 2.39. The first kappa shape index (κ1) is 15.4. The fourth-order valence-corrected chi connectivity index (χ4v) is 2.53. The summed E-state index contributed by atoms with van der Waals surface area (Å²) in [6, 6.07) is 3.57. The van der Waals surface area contributed by atoms with Crippen LogP contribution < -0.4 is 14.8 Å². The van der Waals surface area contributed by atoms with E-state index in [2.05, 4.69) is 5.32 Å². The van der Waals surface area contributed by atoms with Crippen molar-refractivity contribution in [2.24, 2.45) is 0 Å². The molecule has 0 aliphatic carbocycles. The molecule has 2 amide bonds. The van der Waals surface area contributed by atoms with E-state index < -0.39 is 30.6 Å². The summed E-state index contributed by atoms with van der Waals surface area (Å²) in [7, 11) is 0. The van der Waals surface area contributed by atoms with Gasteiger partial charge in [0.25, 0.3) is 5.91 Å². The Morgan fingerprint density at radius 2 is 2.04 bits per heavy atom. The first-order valence-electron chi connectivity index (χ1n) is 6.89. The second kappa shape index (κ2) is 5.64. The van der Waals surface area contributed by atoms with Crippen LogP contribution in [0.25, 0.3) is 0 Å². The summed E-state index contributed by atoms with van der Waals surface area (Å²) in [5, 5.41) is 2.46. The van der Waals surface area contributed by atoms with E-state index in [1.807, 2.05) is 0 Å². The van der Waals surface area contributed by atoms with Gasteiger partial charge < -0.3 is 19.7 Å². The summed E-state index contributed by atoms with van der Waals surface area (Å²) in [4.78, 5) is 24.7. The van der Waals surface area contributed by atoms with Crippen LogP contribution in [0.5, 0.6) is 11.5 Å². The van der Waals surface area contributed by atoms with Crippen molar-refractivity contribution in [2.45, 2.75) is 18.6 Å². The molecule has 1 atom stereocenters. The normalized spacial score (nSPS) is 20.0. The Hall–Kier alpha value is -2.45. The molecule has 0 unspecified atom stereocenters. The summed E-state index contributed by atoms with van der Waals surface area (Å²) in [5.41, 5.74) is 0.247. The monoisotopic (exact) mass is 330 g/mol. The maximum atomic E-state index is 12.4. The third kappa shape index (κ3) is 3.33. The van der Waals surface area contributed by atoms with Crippen LogP contribution in [0.4, 0.5) is 13.2 Å². The van der Waals surface area contributed by atoms with Crippen LogP contribution in [0, 0.1) is 0 Å². The average Bonchev–Trinajstić information content (AvgIpc) is 3.06. The molecule has 0 spiro atoms. The number of hydrogen-bond acceptors (Lipinski definition) is 4. The molecule has 0 aromatic heterocycles. The lowest BCUT2D eigenvalue weighted by Gasteiger charge is -2.18. The number of carbonyl (C=O) groups excluding carboxylic acids is 2. The van der Waals surface area contributed by atoms with Crippen molar-refractivity contribution in [3.05, 3.63) is 23.8 Å². The molecule has 1 N–H and O–H groups in total. The van der Waals surface area contributed by atoms with Crippen molar-refractivity contribution >= 4 is 11.8 Å². The number of rotatable bonds is 3. The van der Waals surface area contributed by atoms with Crippen LogP contribution >= 0.6 is 0 Å². The van der Waals surface area contributed by atoms with Crippen molar-refractivity contribution in [1.82, 2.24) is 10.2 Å². The Labute approximate surface area is 129 Å². The van der Waals surface area contributed by atoms with Crippen molar-refractivity contribution in [2.75, 3.05) is 19.9 Å². The summed E-state index contributed by atoms with van der Waals surface area (Å²) < 4.78 is 47.3. The third-order valence-electron chi connectivity index (χ3n) is 3.61. The number of halogens is 3. The van der Waals surface area contributed by atoms with Gasteiger partial charge in [-0.05, 0) is 24.6 Å². The number of fused-ring (bicyclic) bond motifs is 1. The maximum Gasteiger partial charge on any atom is 0.406 e. The molecule has 3 rings (SSSR count). The van der Waals surface area contributed by atoms with E-state index in [9.17, 15) is 22.8 Å². The molecule has 1 aromatic carbocycles. The largest absolute Gasteiger partial charge is 0.454 e. The van der Waals surface area contributed by atoms with Gasteiger partial charge in [-0.1, -0.05) is 0 Å². The molecular weight excluding hydrogens is 317 g/mol. The zero-order valence-corrected chi connectivity index (χ0v) is 11.9. The van der Waals surface area contributed by atoms with Gasteiger partial charge in [0.2, 0.25) is 12.7 Å². The number of hydrogen-bond donors (Lipinski definition) is 1. The average molecular weight is 330 g/mol. The number of ether oxygens (including phenoxy) is 2. The number of likely N-dealkylation sites (tertiary alicyclic amines) is 1.